The molecule has 1 rings (SSSR count). The molecule has 0 fully saturated rings. The van der Waals surface area contributed by atoms with Crippen LogP contribution < -0.4 is 0 Å². The number of nitrogens with zero attached hydrogens (tertiary/aromatic N) is 3. The first-order chi connectivity index (χ1) is 6.36. The van der Waals surface area contributed by atoms with E-state index in [0.717, 1.165) is 0 Å². The summed E-state index contributed by atoms with van der Waals surface area (Å²) in [6.07, 6.45) is 1.73. The van der Waals surface area contributed by atoms with Crippen molar-refractivity contribution in [3.05, 3.63) is 29.6 Å². The number of rotatable bonds is 0. The quantitative estimate of drug-likeness (QED) is 0.546. The molecule has 1 aromatic heterocycles. The number of aromatic nitrogens is 1. The van der Waals surface area contributed by atoms with E-state index < -0.39 is 0 Å². The zero-order valence-electron chi connectivity index (χ0n) is 6.78. The Morgan fingerprint density at radius 2 is 2.15 bits per heavy atom. The summed E-state index contributed by atoms with van der Waals surface area (Å²) in [5.41, 5.74) is 1.08. The van der Waals surface area contributed by atoms with E-state index in [2.05, 4.69) is 16.8 Å². The van der Waals surface area contributed by atoms with Gasteiger partial charge in [-0.25, -0.2) is 4.98 Å². The van der Waals surface area contributed by atoms with Gasteiger partial charge in [0.1, 0.15) is 11.8 Å². The fraction of sp³-hybridized carbons (Fsp3) is 0.100. The van der Waals surface area contributed by atoms with Gasteiger partial charge in [-0.05, 0) is 12.1 Å². The van der Waals surface area contributed by atoms with Crippen LogP contribution in [0.4, 0.5) is 0 Å². The lowest BCUT2D eigenvalue weighted by atomic mass is 10.2. The van der Waals surface area contributed by atoms with Gasteiger partial charge in [0.05, 0.1) is 12.5 Å². The van der Waals surface area contributed by atoms with Gasteiger partial charge in [0, 0.05) is 11.8 Å². The number of pyridine rings is 1. The topological polar surface area (TPSA) is 60.5 Å². The van der Waals surface area contributed by atoms with Gasteiger partial charge < -0.3 is 0 Å². The van der Waals surface area contributed by atoms with Crippen LogP contribution in [-0.4, -0.2) is 4.98 Å². The van der Waals surface area contributed by atoms with Crippen molar-refractivity contribution in [1.29, 1.82) is 10.5 Å². The highest BCUT2D eigenvalue weighted by Gasteiger charge is 1.89. The molecule has 0 radical (unpaired) electrons. The minimum Gasteiger partial charge on any atom is -0.244 e. The van der Waals surface area contributed by atoms with E-state index in [1.54, 1.807) is 12.1 Å². The summed E-state index contributed by atoms with van der Waals surface area (Å²) in [6, 6.07) is 7.12. The van der Waals surface area contributed by atoms with Crippen molar-refractivity contribution in [3.8, 4) is 24.0 Å². The fourth-order valence-corrected chi connectivity index (χ4v) is 0.720. The Labute approximate surface area is 76.3 Å². The lowest BCUT2D eigenvalue weighted by molar-refractivity contribution is 1.25. The average Bonchev–Trinajstić information content (AvgIpc) is 2.19. The second-order valence-electron chi connectivity index (χ2n) is 2.18. The minimum atomic E-state index is 0.208. The lowest BCUT2D eigenvalue weighted by Gasteiger charge is -1.87. The first-order valence-electron chi connectivity index (χ1n) is 3.59. The molecule has 0 aliphatic carbocycles. The molecule has 0 saturated heterocycles. The van der Waals surface area contributed by atoms with Crippen LogP contribution in [0.2, 0.25) is 0 Å². The van der Waals surface area contributed by atoms with Crippen LogP contribution in [-0.2, 0) is 0 Å². The van der Waals surface area contributed by atoms with Gasteiger partial charge in [0.15, 0.2) is 0 Å². The van der Waals surface area contributed by atoms with Crippen molar-refractivity contribution in [1.82, 2.24) is 4.98 Å². The summed E-state index contributed by atoms with van der Waals surface area (Å²) in [7, 11) is 0. The summed E-state index contributed by atoms with van der Waals surface area (Å²) in [5.74, 6) is 5.41. The third-order valence-corrected chi connectivity index (χ3v) is 1.28. The summed E-state index contributed by atoms with van der Waals surface area (Å²) >= 11 is 0. The Balaban J connectivity index is 2.80. The Bertz CT molecular complexity index is 420. The molecular weight excluding hydrogens is 162 g/mol. The second-order valence-corrected chi connectivity index (χ2v) is 2.18. The predicted molar refractivity (Wildman–Crippen MR) is 46.1 cm³/mol. The van der Waals surface area contributed by atoms with E-state index in [0.29, 0.717) is 11.3 Å². The summed E-state index contributed by atoms with van der Waals surface area (Å²) in [5, 5.41) is 16.7. The maximum absolute atomic E-state index is 8.45. The Hall–Kier alpha value is -2.31. The molecule has 0 N–H and O–H groups in total. The molecule has 0 unspecified atom stereocenters. The van der Waals surface area contributed by atoms with Crippen LogP contribution in [0, 0.1) is 34.5 Å². The second kappa shape index (κ2) is 4.54. The first kappa shape index (κ1) is 8.78. The van der Waals surface area contributed by atoms with Gasteiger partial charge in [-0.1, -0.05) is 11.8 Å². The Kier molecular flexibility index (Phi) is 3.07. The van der Waals surface area contributed by atoms with E-state index in [1.165, 1.54) is 6.20 Å². The van der Waals surface area contributed by atoms with Gasteiger partial charge in [-0.15, -0.1) is 0 Å². The van der Waals surface area contributed by atoms with Crippen LogP contribution in [0.25, 0.3) is 0 Å². The average molecular weight is 167 g/mol. The molecule has 0 spiro atoms. The third kappa shape index (κ3) is 2.66. The Morgan fingerprint density at radius 1 is 1.31 bits per heavy atom. The van der Waals surface area contributed by atoms with E-state index in [4.69, 9.17) is 10.5 Å². The largest absolute Gasteiger partial charge is 0.244 e. The van der Waals surface area contributed by atoms with E-state index in [-0.39, 0.29) is 6.42 Å². The molecule has 60 valence electrons. The molecule has 1 aromatic rings. The summed E-state index contributed by atoms with van der Waals surface area (Å²) < 4.78 is 0. The highest BCUT2D eigenvalue weighted by atomic mass is 14.7. The van der Waals surface area contributed by atoms with Crippen LogP contribution in [0.15, 0.2) is 18.3 Å². The number of hydrogen-bond acceptors (Lipinski definition) is 3. The van der Waals surface area contributed by atoms with Crippen molar-refractivity contribution < 1.29 is 0 Å². The zero-order valence-corrected chi connectivity index (χ0v) is 6.78. The van der Waals surface area contributed by atoms with Gasteiger partial charge in [0.25, 0.3) is 0 Å². The van der Waals surface area contributed by atoms with E-state index >= 15 is 0 Å². The van der Waals surface area contributed by atoms with Crippen LogP contribution >= 0.6 is 0 Å². The standard InChI is InChI=1S/C10H5N3/c11-6-2-1-3-9-4-5-10(7-12)13-8-9/h4-5,8H,2H2. The van der Waals surface area contributed by atoms with Crippen LogP contribution in [0.5, 0.6) is 0 Å². The highest BCUT2D eigenvalue weighted by Crippen LogP contribution is 1.96. The molecule has 0 aliphatic heterocycles. The third-order valence-electron chi connectivity index (χ3n) is 1.28. The summed E-state index contributed by atoms with van der Waals surface area (Å²) in [4.78, 5) is 3.83. The molecule has 3 heteroatoms. The van der Waals surface area contributed by atoms with Gasteiger partial charge in [-0.3, -0.25) is 0 Å². The van der Waals surface area contributed by atoms with Crippen molar-refractivity contribution in [2.75, 3.05) is 0 Å². The SMILES string of the molecule is N#CCC#Cc1ccc(C#N)nc1. The molecule has 1 heterocycles. The highest BCUT2D eigenvalue weighted by molar-refractivity contribution is 5.35. The van der Waals surface area contributed by atoms with Crippen molar-refractivity contribution in [2.24, 2.45) is 0 Å². The molecule has 13 heavy (non-hydrogen) atoms. The molecule has 0 aromatic carbocycles. The number of nitriles is 2. The fourth-order valence-electron chi connectivity index (χ4n) is 0.720. The lowest BCUT2D eigenvalue weighted by Crippen LogP contribution is -1.82. The zero-order chi connectivity index (χ0) is 9.52. The smallest absolute Gasteiger partial charge is 0.140 e. The molecule has 0 aliphatic rings. The molecule has 0 saturated carbocycles. The van der Waals surface area contributed by atoms with Crippen molar-refractivity contribution >= 4 is 0 Å². The van der Waals surface area contributed by atoms with E-state index in [1.807, 2.05) is 12.1 Å². The molecular formula is C10H5N3. The normalized spacial score (nSPS) is 7.54. The van der Waals surface area contributed by atoms with Gasteiger partial charge in [-0.2, -0.15) is 10.5 Å². The molecule has 0 amide bonds. The maximum Gasteiger partial charge on any atom is 0.140 e. The predicted octanol–water partition coefficient (Wildman–Crippen LogP) is 1.22. The summed E-state index contributed by atoms with van der Waals surface area (Å²) in [6.45, 7) is 0. The van der Waals surface area contributed by atoms with Crippen LogP contribution in [0.3, 0.4) is 0 Å². The monoisotopic (exact) mass is 167 g/mol. The minimum absolute atomic E-state index is 0.208. The first-order valence-corrected chi connectivity index (χ1v) is 3.59. The molecule has 3 nitrogen and oxygen atoms in total. The Morgan fingerprint density at radius 3 is 2.69 bits per heavy atom. The van der Waals surface area contributed by atoms with Crippen LogP contribution in [0.1, 0.15) is 17.7 Å². The number of hydrogen-bond donors (Lipinski definition) is 0. The van der Waals surface area contributed by atoms with Crippen molar-refractivity contribution in [3.63, 3.8) is 0 Å². The van der Waals surface area contributed by atoms with Gasteiger partial charge in [0.2, 0.25) is 0 Å². The maximum atomic E-state index is 8.45. The van der Waals surface area contributed by atoms with Gasteiger partial charge >= 0.3 is 0 Å². The van der Waals surface area contributed by atoms with Crippen molar-refractivity contribution in [2.45, 2.75) is 6.42 Å². The molecule has 0 bridgehead atoms. The van der Waals surface area contributed by atoms with E-state index in [9.17, 15) is 0 Å². The molecule has 0 atom stereocenters.